The second-order valence-corrected chi connectivity index (χ2v) is 4.95. The second-order valence-electron chi connectivity index (χ2n) is 4.95. The first-order chi connectivity index (χ1) is 10.2. The number of carbonyl (C=O) groups is 1. The number of aryl methyl sites for hydroxylation is 1. The molecule has 5 heteroatoms. The van der Waals surface area contributed by atoms with Crippen molar-refractivity contribution in [3.05, 3.63) is 65.9 Å². The maximum Gasteiger partial charge on any atom is 0.232 e. The van der Waals surface area contributed by atoms with Gasteiger partial charge in [-0.3, -0.25) is 9.78 Å². The minimum Gasteiger partial charge on any atom is -0.453 e. The molecule has 0 unspecified atom stereocenters. The standard InChI is InChI=1S/C16H11N3O2/c1-10-2-3-14-11(6-10)7-15(21-14)16(20)12-8-18-19-5-4-17-9-13(12)19/h2-9H,1H3. The summed E-state index contributed by atoms with van der Waals surface area (Å²) >= 11 is 0. The van der Waals surface area contributed by atoms with Crippen LogP contribution in [-0.2, 0) is 0 Å². The molecule has 3 heterocycles. The van der Waals surface area contributed by atoms with E-state index in [4.69, 9.17) is 4.42 Å². The number of benzene rings is 1. The molecule has 0 N–H and O–H groups in total. The molecule has 1 aromatic carbocycles. The van der Waals surface area contributed by atoms with Gasteiger partial charge in [0, 0.05) is 17.8 Å². The van der Waals surface area contributed by atoms with E-state index < -0.39 is 0 Å². The number of hydrogen-bond donors (Lipinski definition) is 0. The van der Waals surface area contributed by atoms with Crippen molar-refractivity contribution in [2.45, 2.75) is 6.92 Å². The highest BCUT2D eigenvalue weighted by Gasteiger charge is 2.18. The summed E-state index contributed by atoms with van der Waals surface area (Å²) in [5, 5.41) is 5.07. The van der Waals surface area contributed by atoms with E-state index in [2.05, 4.69) is 10.1 Å². The van der Waals surface area contributed by atoms with E-state index in [1.165, 1.54) is 6.20 Å². The molecule has 4 aromatic rings. The molecule has 5 nitrogen and oxygen atoms in total. The van der Waals surface area contributed by atoms with Crippen LogP contribution < -0.4 is 0 Å². The quantitative estimate of drug-likeness (QED) is 0.528. The fraction of sp³-hybridized carbons (Fsp3) is 0.0625. The highest BCUT2D eigenvalue weighted by atomic mass is 16.3. The Bertz CT molecular complexity index is 981. The largest absolute Gasteiger partial charge is 0.453 e. The molecule has 0 aliphatic heterocycles. The average molecular weight is 277 g/mol. The number of ketones is 1. The fourth-order valence-corrected chi connectivity index (χ4v) is 2.42. The molecule has 0 radical (unpaired) electrons. The normalized spacial score (nSPS) is 11.3. The van der Waals surface area contributed by atoms with Gasteiger partial charge in [0.15, 0.2) is 5.76 Å². The van der Waals surface area contributed by atoms with Crippen LogP contribution in [0.2, 0.25) is 0 Å². The van der Waals surface area contributed by atoms with Crippen LogP contribution in [0, 0.1) is 6.92 Å². The van der Waals surface area contributed by atoms with Gasteiger partial charge in [0.05, 0.1) is 23.5 Å². The van der Waals surface area contributed by atoms with Gasteiger partial charge in [-0.15, -0.1) is 0 Å². The first-order valence-corrected chi connectivity index (χ1v) is 6.54. The number of fused-ring (bicyclic) bond motifs is 2. The summed E-state index contributed by atoms with van der Waals surface area (Å²) in [5.41, 5.74) is 2.99. The van der Waals surface area contributed by atoms with E-state index >= 15 is 0 Å². The Hall–Kier alpha value is -2.95. The number of furan rings is 1. The highest BCUT2D eigenvalue weighted by molar-refractivity contribution is 6.12. The molecular weight excluding hydrogens is 266 g/mol. The van der Waals surface area contributed by atoms with E-state index in [0.717, 1.165) is 10.9 Å². The van der Waals surface area contributed by atoms with Crippen molar-refractivity contribution in [1.82, 2.24) is 14.6 Å². The van der Waals surface area contributed by atoms with E-state index in [0.29, 0.717) is 22.4 Å². The number of hydrogen-bond acceptors (Lipinski definition) is 4. The minimum absolute atomic E-state index is 0.188. The third-order valence-electron chi connectivity index (χ3n) is 3.46. The van der Waals surface area contributed by atoms with Gasteiger partial charge in [-0.1, -0.05) is 11.6 Å². The van der Waals surface area contributed by atoms with Crippen molar-refractivity contribution in [1.29, 1.82) is 0 Å². The van der Waals surface area contributed by atoms with E-state index in [1.807, 2.05) is 25.1 Å². The van der Waals surface area contributed by atoms with Gasteiger partial charge >= 0.3 is 0 Å². The molecule has 102 valence electrons. The van der Waals surface area contributed by atoms with Gasteiger partial charge in [-0.2, -0.15) is 5.10 Å². The SMILES string of the molecule is Cc1ccc2oc(C(=O)c3cnn4ccncc34)cc2c1. The van der Waals surface area contributed by atoms with Gasteiger partial charge in [-0.05, 0) is 25.1 Å². The molecule has 0 saturated heterocycles. The van der Waals surface area contributed by atoms with Crippen molar-refractivity contribution in [3.8, 4) is 0 Å². The van der Waals surface area contributed by atoms with Gasteiger partial charge in [0.2, 0.25) is 5.78 Å². The lowest BCUT2D eigenvalue weighted by Crippen LogP contribution is -1.99. The second kappa shape index (κ2) is 4.28. The summed E-state index contributed by atoms with van der Waals surface area (Å²) in [4.78, 5) is 16.6. The summed E-state index contributed by atoms with van der Waals surface area (Å²) in [6.07, 6.45) is 6.48. The Labute approximate surface area is 119 Å². The molecule has 0 fully saturated rings. The maximum atomic E-state index is 12.6. The summed E-state index contributed by atoms with van der Waals surface area (Å²) < 4.78 is 7.27. The number of nitrogens with zero attached hydrogens (tertiary/aromatic N) is 3. The zero-order valence-corrected chi connectivity index (χ0v) is 11.3. The Balaban J connectivity index is 1.86. The van der Waals surface area contributed by atoms with Crippen LogP contribution in [0.5, 0.6) is 0 Å². The van der Waals surface area contributed by atoms with Crippen molar-refractivity contribution in [3.63, 3.8) is 0 Å². The van der Waals surface area contributed by atoms with Crippen molar-refractivity contribution in [2.24, 2.45) is 0 Å². The van der Waals surface area contributed by atoms with Crippen molar-refractivity contribution >= 4 is 22.3 Å². The molecule has 0 spiro atoms. The first-order valence-electron chi connectivity index (χ1n) is 6.54. The van der Waals surface area contributed by atoms with E-state index in [9.17, 15) is 4.79 Å². The zero-order valence-electron chi connectivity index (χ0n) is 11.3. The third kappa shape index (κ3) is 1.82. The van der Waals surface area contributed by atoms with E-state index in [1.54, 1.807) is 29.2 Å². The average Bonchev–Trinajstić information content (AvgIpc) is 3.09. The molecular formula is C16H11N3O2. The summed E-state index contributed by atoms with van der Waals surface area (Å²) in [6, 6.07) is 7.59. The molecule has 0 bridgehead atoms. The molecule has 21 heavy (non-hydrogen) atoms. The Morgan fingerprint density at radius 1 is 1.24 bits per heavy atom. The lowest BCUT2D eigenvalue weighted by atomic mass is 10.1. The van der Waals surface area contributed by atoms with Crippen LogP contribution in [0.3, 0.4) is 0 Å². The number of aromatic nitrogens is 3. The lowest BCUT2D eigenvalue weighted by molar-refractivity contribution is 0.101. The Morgan fingerprint density at radius 2 is 2.14 bits per heavy atom. The summed E-state index contributed by atoms with van der Waals surface area (Å²) in [7, 11) is 0. The van der Waals surface area contributed by atoms with Gasteiger partial charge in [0.1, 0.15) is 5.58 Å². The third-order valence-corrected chi connectivity index (χ3v) is 3.46. The van der Waals surface area contributed by atoms with Crippen LogP contribution >= 0.6 is 0 Å². The zero-order chi connectivity index (χ0) is 14.4. The molecule has 3 aromatic heterocycles. The monoisotopic (exact) mass is 277 g/mol. The molecule has 0 amide bonds. The fourth-order valence-electron chi connectivity index (χ4n) is 2.42. The smallest absolute Gasteiger partial charge is 0.232 e. The van der Waals surface area contributed by atoms with Crippen LogP contribution in [0.25, 0.3) is 16.5 Å². The Kier molecular flexibility index (Phi) is 2.41. The van der Waals surface area contributed by atoms with Gasteiger partial charge in [-0.25, -0.2) is 4.52 Å². The highest BCUT2D eigenvalue weighted by Crippen LogP contribution is 2.23. The summed E-state index contributed by atoms with van der Waals surface area (Å²) in [5.74, 6) is 0.126. The van der Waals surface area contributed by atoms with Crippen molar-refractivity contribution in [2.75, 3.05) is 0 Å². The van der Waals surface area contributed by atoms with Crippen LogP contribution in [-0.4, -0.2) is 20.4 Å². The summed E-state index contributed by atoms with van der Waals surface area (Å²) in [6.45, 7) is 2.00. The molecule has 0 aliphatic rings. The van der Waals surface area contributed by atoms with E-state index in [-0.39, 0.29) is 5.78 Å². The Morgan fingerprint density at radius 3 is 3.05 bits per heavy atom. The molecule has 4 rings (SSSR count). The number of rotatable bonds is 2. The van der Waals surface area contributed by atoms with Crippen LogP contribution in [0.1, 0.15) is 21.7 Å². The van der Waals surface area contributed by atoms with Crippen LogP contribution in [0.15, 0.2) is 53.5 Å². The molecule has 0 aliphatic carbocycles. The first kappa shape index (κ1) is 11.8. The molecule has 0 saturated carbocycles. The predicted octanol–water partition coefficient (Wildman–Crippen LogP) is 3.01. The predicted molar refractivity (Wildman–Crippen MR) is 77.4 cm³/mol. The molecule has 0 atom stereocenters. The lowest BCUT2D eigenvalue weighted by Gasteiger charge is -1.94. The topological polar surface area (TPSA) is 60.4 Å². The number of carbonyl (C=O) groups excluding carboxylic acids is 1. The van der Waals surface area contributed by atoms with Gasteiger partial charge < -0.3 is 4.42 Å². The van der Waals surface area contributed by atoms with Crippen molar-refractivity contribution < 1.29 is 9.21 Å². The maximum absolute atomic E-state index is 12.6. The van der Waals surface area contributed by atoms with Gasteiger partial charge in [0.25, 0.3) is 0 Å². The minimum atomic E-state index is -0.188. The van der Waals surface area contributed by atoms with Crippen LogP contribution in [0.4, 0.5) is 0 Å².